The summed E-state index contributed by atoms with van der Waals surface area (Å²) in [5.74, 6) is -0.333. The van der Waals surface area contributed by atoms with Crippen molar-refractivity contribution in [3.8, 4) is 0 Å². The van der Waals surface area contributed by atoms with Gasteiger partial charge in [0.15, 0.2) is 0 Å². The van der Waals surface area contributed by atoms with Crippen LogP contribution in [-0.2, 0) is 6.42 Å². The van der Waals surface area contributed by atoms with Crippen LogP contribution in [0.3, 0.4) is 0 Å². The third kappa shape index (κ3) is 3.98. The number of nitrogens with two attached hydrogens (primary N) is 1. The van der Waals surface area contributed by atoms with E-state index in [-0.39, 0.29) is 17.2 Å². The van der Waals surface area contributed by atoms with Crippen LogP contribution in [-0.4, -0.2) is 27.6 Å². The van der Waals surface area contributed by atoms with Crippen molar-refractivity contribution in [2.75, 3.05) is 12.3 Å². The minimum Gasteiger partial charge on any atom is -0.374 e. The maximum Gasteiger partial charge on any atom is 0.273 e. The van der Waals surface area contributed by atoms with Crippen LogP contribution in [0.4, 0.5) is 10.8 Å². The van der Waals surface area contributed by atoms with E-state index in [0.717, 1.165) is 5.01 Å². The van der Waals surface area contributed by atoms with Gasteiger partial charge >= 0.3 is 0 Å². The number of benzene rings is 1. The number of hydrogen-bond acceptors (Lipinski definition) is 7. The van der Waals surface area contributed by atoms with Gasteiger partial charge in [0.25, 0.3) is 11.6 Å². The largest absolute Gasteiger partial charge is 0.374 e. The van der Waals surface area contributed by atoms with E-state index in [1.54, 1.807) is 19.1 Å². The molecule has 8 nitrogen and oxygen atoms in total. The van der Waals surface area contributed by atoms with Gasteiger partial charge in [0, 0.05) is 30.2 Å². The topological polar surface area (TPSA) is 124 Å². The summed E-state index contributed by atoms with van der Waals surface area (Å²) in [5.41, 5.74) is 6.22. The van der Waals surface area contributed by atoms with Gasteiger partial charge in [0.05, 0.1) is 4.92 Å². The van der Waals surface area contributed by atoms with Gasteiger partial charge in [-0.05, 0) is 19.4 Å². The third-order valence-corrected chi connectivity index (χ3v) is 3.82. The highest BCUT2D eigenvalue weighted by Crippen LogP contribution is 2.19. The fraction of sp³-hybridized carbons (Fsp3) is 0.308. The van der Waals surface area contributed by atoms with Gasteiger partial charge in [0.2, 0.25) is 5.13 Å². The lowest BCUT2D eigenvalue weighted by Crippen LogP contribution is -2.24. The molecule has 0 fully saturated rings. The predicted molar refractivity (Wildman–Crippen MR) is 82.8 cm³/mol. The molecule has 0 saturated carbocycles. The first-order valence-corrected chi connectivity index (χ1v) is 7.40. The number of anilines is 1. The highest BCUT2D eigenvalue weighted by Gasteiger charge is 2.14. The van der Waals surface area contributed by atoms with Crippen LogP contribution in [0.25, 0.3) is 0 Å². The van der Waals surface area contributed by atoms with Gasteiger partial charge in [-0.1, -0.05) is 17.4 Å². The summed E-state index contributed by atoms with van der Waals surface area (Å²) < 4.78 is 0. The Morgan fingerprint density at radius 2 is 2.23 bits per heavy atom. The fourth-order valence-corrected chi connectivity index (χ4v) is 2.51. The number of amides is 1. The number of aryl methyl sites for hydroxylation is 2. The van der Waals surface area contributed by atoms with E-state index in [9.17, 15) is 14.9 Å². The highest BCUT2D eigenvalue weighted by atomic mass is 32.1. The molecule has 0 spiro atoms. The van der Waals surface area contributed by atoms with E-state index < -0.39 is 4.92 Å². The van der Waals surface area contributed by atoms with E-state index in [4.69, 9.17) is 5.73 Å². The van der Waals surface area contributed by atoms with Gasteiger partial charge in [-0.3, -0.25) is 14.9 Å². The van der Waals surface area contributed by atoms with Crippen molar-refractivity contribution < 1.29 is 9.72 Å². The maximum absolute atomic E-state index is 12.0. The summed E-state index contributed by atoms with van der Waals surface area (Å²) in [4.78, 5) is 22.3. The molecule has 1 aromatic carbocycles. The van der Waals surface area contributed by atoms with Crippen LogP contribution in [0, 0.1) is 17.0 Å². The van der Waals surface area contributed by atoms with Crippen LogP contribution >= 0.6 is 11.3 Å². The van der Waals surface area contributed by atoms with Gasteiger partial charge in [-0.25, -0.2) is 0 Å². The molecule has 2 aromatic rings. The van der Waals surface area contributed by atoms with Crippen LogP contribution in [0.2, 0.25) is 0 Å². The minimum absolute atomic E-state index is 0.0583. The summed E-state index contributed by atoms with van der Waals surface area (Å²) in [6, 6.07) is 4.43. The van der Waals surface area contributed by atoms with E-state index in [1.807, 2.05) is 0 Å². The zero-order chi connectivity index (χ0) is 16.1. The number of nitrogens with zero attached hydrogens (tertiary/aromatic N) is 3. The van der Waals surface area contributed by atoms with Gasteiger partial charge in [-0.2, -0.15) is 0 Å². The third-order valence-electron chi connectivity index (χ3n) is 3.00. The van der Waals surface area contributed by atoms with Crippen molar-refractivity contribution >= 4 is 28.1 Å². The molecular formula is C13H15N5O3S. The standard InChI is InChI=1S/C13H15N5O3S/c1-8-4-5-9(7-10(8)18(20)21)12(19)15-6-2-3-11-16-17-13(14)22-11/h4-5,7H,2-3,6H2,1H3,(H2,14,17)(H,15,19). The first-order chi connectivity index (χ1) is 10.5. The molecular weight excluding hydrogens is 306 g/mol. The summed E-state index contributed by atoms with van der Waals surface area (Å²) in [6.45, 7) is 2.08. The second-order valence-corrected chi connectivity index (χ2v) is 5.75. The molecule has 0 bridgehead atoms. The Bertz CT molecular complexity index is 701. The number of carbonyl (C=O) groups excluding carboxylic acids is 1. The van der Waals surface area contributed by atoms with Gasteiger partial charge < -0.3 is 11.1 Å². The zero-order valence-corrected chi connectivity index (χ0v) is 12.7. The number of aromatic nitrogens is 2. The first kappa shape index (κ1) is 15.8. The van der Waals surface area contributed by atoms with Crippen molar-refractivity contribution in [3.63, 3.8) is 0 Å². The Balaban J connectivity index is 1.87. The van der Waals surface area contributed by atoms with Gasteiger partial charge in [-0.15, -0.1) is 10.2 Å². The number of hydrogen-bond donors (Lipinski definition) is 2. The molecule has 1 amide bonds. The quantitative estimate of drug-likeness (QED) is 0.474. The van der Waals surface area contributed by atoms with Gasteiger partial charge in [0.1, 0.15) is 5.01 Å². The Kier molecular flexibility index (Phi) is 4.99. The summed E-state index contributed by atoms with van der Waals surface area (Å²) >= 11 is 1.32. The lowest BCUT2D eigenvalue weighted by Gasteiger charge is -2.05. The van der Waals surface area contributed by atoms with Crippen LogP contribution < -0.4 is 11.1 Å². The number of carbonyl (C=O) groups is 1. The number of rotatable bonds is 6. The fourth-order valence-electron chi connectivity index (χ4n) is 1.86. The summed E-state index contributed by atoms with van der Waals surface area (Å²) in [5, 5.41) is 22.4. The Morgan fingerprint density at radius 3 is 2.86 bits per heavy atom. The zero-order valence-electron chi connectivity index (χ0n) is 11.9. The lowest BCUT2D eigenvalue weighted by atomic mass is 10.1. The molecule has 1 aromatic heterocycles. The molecule has 3 N–H and O–H groups in total. The lowest BCUT2D eigenvalue weighted by molar-refractivity contribution is -0.385. The van der Waals surface area contributed by atoms with Crippen molar-refractivity contribution in [3.05, 3.63) is 44.4 Å². The first-order valence-electron chi connectivity index (χ1n) is 6.58. The Morgan fingerprint density at radius 1 is 1.45 bits per heavy atom. The Hall–Kier alpha value is -2.55. The number of nitrogens with one attached hydrogen (secondary N) is 1. The molecule has 22 heavy (non-hydrogen) atoms. The van der Waals surface area contributed by atoms with E-state index in [2.05, 4.69) is 15.5 Å². The number of nitrogen functional groups attached to an aromatic ring is 1. The minimum atomic E-state index is -0.494. The SMILES string of the molecule is Cc1ccc(C(=O)NCCCc2nnc(N)s2)cc1[N+](=O)[O-]. The van der Waals surface area contributed by atoms with Crippen molar-refractivity contribution in [2.24, 2.45) is 0 Å². The number of nitro benzene ring substituents is 1. The van der Waals surface area contributed by atoms with Crippen molar-refractivity contribution in [1.29, 1.82) is 0 Å². The molecule has 0 saturated heterocycles. The molecule has 1 heterocycles. The Labute approximate surface area is 130 Å². The van der Waals surface area contributed by atoms with E-state index >= 15 is 0 Å². The second-order valence-electron chi connectivity index (χ2n) is 4.65. The van der Waals surface area contributed by atoms with Crippen LogP contribution in [0.5, 0.6) is 0 Å². The molecule has 2 rings (SSSR count). The second kappa shape index (κ2) is 6.94. The van der Waals surface area contributed by atoms with Crippen LogP contribution in [0.15, 0.2) is 18.2 Å². The molecule has 0 unspecified atom stereocenters. The molecule has 0 aliphatic rings. The van der Waals surface area contributed by atoms with E-state index in [1.165, 1.54) is 17.4 Å². The molecule has 0 aliphatic carbocycles. The highest BCUT2D eigenvalue weighted by molar-refractivity contribution is 7.15. The monoisotopic (exact) mass is 321 g/mol. The average Bonchev–Trinajstić information content (AvgIpc) is 2.89. The van der Waals surface area contributed by atoms with E-state index in [0.29, 0.717) is 30.1 Å². The van der Waals surface area contributed by atoms with Crippen molar-refractivity contribution in [1.82, 2.24) is 15.5 Å². The molecule has 9 heteroatoms. The summed E-state index contributed by atoms with van der Waals surface area (Å²) in [6.07, 6.45) is 1.36. The molecule has 116 valence electrons. The predicted octanol–water partition coefficient (Wildman–Crippen LogP) is 1.70. The van der Waals surface area contributed by atoms with Crippen LogP contribution in [0.1, 0.15) is 27.3 Å². The maximum atomic E-state index is 12.0. The van der Waals surface area contributed by atoms with Crippen molar-refractivity contribution in [2.45, 2.75) is 19.8 Å². The number of nitro groups is 1. The molecule has 0 radical (unpaired) electrons. The average molecular weight is 321 g/mol. The smallest absolute Gasteiger partial charge is 0.273 e. The normalized spacial score (nSPS) is 10.4. The molecule has 0 atom stereocenters. The summed E-state index contributed by atoms with van der Waals surface area (Å²) in [7, 11) is 0. The molecule has 0 aliphatic heterocycles.